The van der Waals surface area contributed by atoms with Gasteiger partial charge >= 0.3 is 0 Å². The number of Topliss-reactive ketones (excluding diaryl/α,β-unsaturated/α-hetero) is 1. The number of anilines is 1. The Labute approximate surface area is 110 Å². The molecule has 4 nitrogen and oxygen atoms in total. The maximum Gasteiger partial charge on any atom is 0.215 e. The van der Waals surface area contributed by atoms with Crippen molar-refractivity contribution in [2.45, 2.75) is 0 Å². The lowest BCUT2D eigenvalue weighted by molar-refractivity contribution is 0.107. The van der Waals surface area contributed by atoms with Crippen molar-refractivity contribution >= 4 is 29.1 Å². The number of nitrogens with one attached hydrogen (secondary N) is 1. The highest BCUT2D eigenvalue weighted by Crippen LogP contribution is 2.25. The summed E-state index contributed by atoms with van der Waals surface area (Å²) in [6.07, 6.45) is 1.45. The Hall–Kier alpha value is -2.75. The Bertz CT molecular complexity index is 675. The van der Waals surface area contributed by atoms with Crippen LogP contribution in [0.5, 0.6) is 0 Å². The van der Waals surface area contributed by atoms with E-state index in [9.17, 15) is 4.79 Å². The Morgan fingerprint density at radius 1 is 1.00 bits per heavy atom. The number of ketones is 1. The summed E-state index contributed by atoms with van der Waals surface area (Å²) < 4.78 is 0. The van der Waals surface area contributed by atoms with E-state index in [1.165, 1.54) is 6.21 Å². The minimum absolute atomic E-state index is 0.0887. The number of aliphatic imine (C=N–C) groups is 1. The number of rotatable bonds is 3. The second kappa shape index (κ2) is 4.86. The zero-order chi connectivity index (χ0) is 13.1. The zero-order valence-electron chi connectivity index (χ0n) is 10.1. The molecule has 0 amide bonds. The van der Waals surface area contributed by atoms with Crippen molar-refractivity contribution in [2.75, 3.05) is 5.43 Å². The van der Waals surface area contributed by atoms with Crippen molar-refractivity contribution < 1.29 is 4.79 Å². The van der Waals surface area contributed by atoms with Crippen molar-refractivity contribution in [1.82, 2.24) is 0 Å². The lowest BCUT2D eigenvalue weighted by Crippen LogP contribution is -2.11. The largest absolute Gasteiger partial charge is 0.287 e. The standard InChI is InChI=1S/C15H11N3O/c19-15-12-8-4-5-9-13(12)17-14(15)10-16-18-11-6-2-1-3-7-11/h1-10,18H/b16-10-. The third-order valence-electron chi connectivity index (χ3n) is 2.78. The van der Waals surface area contributed by atoms with E-state index in [1.54, 1.807) is 6.07 Å². The number of carbonyl (C=O) groups is 1. The average molecular weight is 249 g/mol. The van der Waals surface area contributed by atoms with Crippen molar-refractivity contribution in [1.29, 1.82) is 0 Å². The van der Waals surface area contributed by atoms with Crippen LogP contribution in [-0.2, 0) is 0 Å². The highest BCUT2D eigenvalue weighted by molar-refractivity contribution is 6.67. The molecule has 0 saturated carbocycles. The predicted octanol–water partition coefficient (Wildman–Crippen LogP) is 3.05. The molecule has 1 aliphatic heterocycles. The minimum Gasteiger partial charge on any atom is -0.287 e. The van der Waals surface area contributed by atoms with E-state index in [1.807, 2.05) is 48.5 Å². The molecular weight excluding hydrogens is 238 g/mol. The van der Waals surface area contributed by atoms with Crippen LogP contribution in [-0.4, -0.2) is 17.7 Å². The lowest BCUT2D eigenvalue weighted by Gasteiger charge is -1.97. The second-order valence-corrected chi connectivity index (χ2v) is 4.08. The van der Waals surface area contributed by atoms with E-state index in [2.05, 4.69) is 15.5 Å². The number of benzene rings is 2. The summed E-state index contributed by atoms with van der Waals surface area (Å²) in [5.41, 5.74) is 5.40. The Balaban J connectivity index is 1.74. The maximum absolute atomic E-state index is 12.0. The van der Waals surface area contributed by atoms with Crippen molar-refractivity contribution in [3.8, 4) is 0 Å². The van der Waals surface area contributed by atoms with E-state index in [-0.39, 0.29) is 5.78 Å². The normalized spacial score (nSPS) is 13.5. The number of nitrogens with zero attached hydrogens (tertiary/aromatic N) is 2. The van der Waals surface area contributed by atoms with Crippen LogP contribution in [0.4, 0.5) is 11.4 Å². The van der Waals surface area contributed by atoms with Crippen LogP contribution in [0.3, 0.4) is 0 Å². The molecule has 0 aliphatic carbocycles. The fourth-order valence-corrected chi connectivity index (χ4v) is 1.85. The molecule has 0 unspecified atom stereocenters. The maximum atomic E-state index is 12.0. The number of hydrazone groups is 1. The summed E-state index contributed by atoms with van der Waals surface area (Å²) in [6.45, 7) is 0. The second-order valence-electron chi connectivity index (χ2n) is 4.08. The molecule has 0 aromatic heterocycles. The molecule has 19 heavy (non-hydrogen) atoms. The van der Waals surface area contributed by atoms with Crippen molar-refractivity contribution in [2.24, 2.45) is 10.1 Å². The first kappa shape index (κ1) is 11.3. The van der Waals surface area contributed by atoms with Gasteiger partial charge in [-0.05, 0) is 24.3 Å². The summed E-state index contributed by atoms with van der Waals surface area (Å²) in [5.74, 6) is -0.0887. The number of hydrogen-bond acceptors (Lipinski definition) is 4. The quantitative estimate of drug-likeness (QED) is 0.671. The molecule has 0 saturated heterocycles. The molecule has 0 radical (unpaired) electrons. The first-order valence-corrected chi connectivity index (χ1v) is 5.91. The molecule has 4 heteroatoms. The highest BCUT2D eigenvalue weighted by Gasteiger charge is 2.22. The number of para-hydroxylation sites is 2. The van der Waals surface area contributed by atoms with Crippen LogP contribution in [0.25, 0.3) is 0 Å². The van der Waals surface area contributed by atoms with Gasteiger partial charge in [0.1, 0.15) is 5.71 Å². The van der Waals surface area contributed by atoms with E-state index >= 15 is 0 Å². The SMILES string of the molecule is O=C1C(/C=N\Nc2ccccc2)=Nc2ccccc21. The predicted molar refractivity (Wildman–Crippen MR) is 76.4 cm³/mol. The van der Waals surface area contributed by atoms with E-state index in [0.717, 1.165) is 5.69 Å². The third-order valence-corrected chi connectivity index (χ3v) is 2.78. The van der Waals surface area contributed by atoms with Crippen LogP contribution >= 0.6 is 0 Å². The van der Waals surface area contributed by atoms with Crippen LogP contribution in [0, 0.1) is 0 Å². The molecule has 1 N–H and O–H groups in total. The fraction of sp³-hybridized carbons (Fsp3) is 0. The van der Waals surface area contributed by atoms with E-state index in [0.29, 0.717) is 17.0 Å². The van der Waals surface area contributed by atoms with Gasteiger partial charge in [-0.3, -0.25) is 10.2 Å². The van der Waals surface area contributed by atoms with Gasteiger partial charge < -0.3 is 0 Å². The topological polar surface area (TPSA) is 53.8 Å². The van der Waals surface area contributed by atoms with Crippen LogP contribution in [0.2, 0.25) is 0 Å². The zero-order valence-corrected chi connectivity index (χ0v) is 10.1. The average Bonchev–Trinajstić information content (AvgIpc) is 2.78. The first-order chi connectivity index (χ1) is 9.34. The smallest absolute Gasteiger partial charge is 0.215 e. The molecule has 0 bridgehead atoms. The summed E-state index contributed by atoms with van der Waals surface area (Å²) >= 11 is 0. The molecule has 2 aromatic carbocycles. The molecule has 0 atom stereocenters. The molecule has 3 rings (SSSR count). The molecule has 0 fully saturated rings. The van der Waals surface area contributed by atoms with E-state index in [4.69, 9.17) is 0 Å². The van der Waals surface area contributed by atoms with Gasteiger partial charge in [-0.2, -0.15) is 5.10 Å². The third kappa shape index (κ3) is 2.28. The van der Waals surface area contributed by atoms with Gasteiger partial charge in [-0.1, -0.05) is 30.3 Å². The summed E-state index contributed by atoms with van der Waals surface area (Å²) in [7, 11) is 0. The van der Waals surface area contributed by atoms with Crippen LogP contribution < -0.4 is 5.43 Å². The summed E-state index contributed by atoms with van der Waals surface area (Å²) in [4.78, 5) is 16.2. The number of carbonyl (C=O) groups excluding carboxylic acids is 1. The lowest BCUT2D eigenvalue weighted by atomic mass is 10.1. The van der Waals surface area contributed by atoms with Crippen molar-refractivity contribution in [3.63, 3.8) is 0 Å². The van der Waals surface area contributed by atoms with Gasteiger partial charge in [0.05, 0.1) is 17.6 Å². The molecular formula is C15H11N3O. The molecule has 1 heterocycles. The number of fused-ring (bicyclic) bond motifs is 1. The molecule has 2 aromatic rings. The Morgan fingerprint density at radius 3 is 2.53 bits per heavy atom. The Morgan fingerprint density at radius 2 is 1.74 bits per heavy atom. The van der Waals surface area contributed by atoms with Gasteiger partial charge in [-0.25, -0.2) is 4.99 Å². The highest BCUT2D eigenvalue weighted by atomic mass is 16.1. The van der Waals surface area contributed by atoms with Gasteiger partial charge in [0, 0.05) is 5.56 Å². The van der Waals surface area contributed by atoms with Crippen molar-refractivity contribution in [3.05, 3.63) is 60.2 Å². The Kier molecular flexibility index (Phi) is 2.90. The minimum atomic E-state index is -0.0887. The van der Waals surface area contributed by atoms with Gasteiger partial charge in [0.25, 0.3) is 0 Å². The summed E-state index contributed by atoms with van der Waals surface area (Å²) in [5, 5.41) is 4.03. The molecule has 0 spiro atoms. The van der Waals surface area contributed by atoms with Crippen LogP contribution in [0.1, 0.15) is 10.4 Å². The van der Waals surface area contributed by atoms with E-state index < -0.39 is 0 Å². The molecule has 1 aliphatic rings. The monoisotopic (exact) mass is 249 g/mol. The van der Waals surface area contributed by atoms with Gasteiger partial charge in [0.15, 0.2) is 0 Å². The first-order valence-electron chi connectivity index (χ1n) is 5.91. The van der Waals surface area contributed by atoms with Gasteiger partial charge in [-0.15, -0.1) is 0 Å². The molecule has 92 valence electrons. The van der Waals surface area contributed by atoms with Crippen LogP contribution in [0.15, 0.2) is 64.7 Å². The summed E-state index contributed by atoms with van der Waals surface area (Å²) in [6, 6.07) is 16.8. The fourth-order valence-electron chi connectivity index (χ4n) is 1.85. The van der Waals surface area contributed by atoms with Gasteiger partial charge in [0.2, 0.25) is 5.78 Å². The number of hydrogen-bond donors (Lipinski definition) is 1.